The Kier molecular flexibility index (Phi) is 4.16. The van der Waals surface area contributed by atoms with Gasteiger partial charge in [-0.1, -0.05) is 0 Å². The van der Waals surface area contributed by atoms with Gasteiger partial charge in [0.2, 0.25) is 0 Å². The Labute approximate surface area is 116 Å². The van der Waals surface area contributed by atoms with Gasteiger partial charge in [-0.3, -0.25) is 4.79 Å². The van der Waals surface area contributed by atoms with Crippen molar-refractivity contribution in [1.29, 1.82) is 0 Å². The fourth-order valence-corrected chi connectivity index (χ4v) is 2.92. The molecule has 0 fully saturated rings. The largest absolute Gasteiger partial charge is 0.367 e. The molecule has 0 spiro atoms. The third-order valence-corrected chi connectivity index (χ3v) is 3.78. The number of thiophene rings is 1. The molecule has 1 unspecified atom stereocenters. The van der Waals surface area contributed by atoms with E-state index >= 15 is 0 Å². The van der Waals surface area contributed by atoms with Crippen LogP contribution in [0.3, 0.4) is 0 Å². The molecule has 0 aromatic carbocycles. The second kappa shape index (κ2) is 5.84. The highest BCUT2D eigenvalue weighted by Gasteiger charge is 2.12. The highest BCUT2D eigenvalue weighted by Crippen LogP contribution is 2.19. The minimum atomic E-state index is -0.463. The van der Waals surface area contributed by atoms with Crippen molar-refractivity contribution in [3.05, 3.63) is 45.8 Å². The summed E-state index contributed by atoms with van der Waals surface area (Å²) in [6.45, 7) is 4.16. The zero-order chi connectivity index (χ0) is 13.8. The van der Waals surface area contributed by atoms with Gasteiger partial charge in [0.05, 0.1) is 5.56 Å². The Bertz CT molecular complexity index is 580. The number of nitrogens with zero attached hydrogens (tertiary/aromatic N) is 1. The smallest absolute Gasteiger partial charge is 0.252 e. The molecule has 0 bridgehead atoms. The number of primary amides is 1. The van der Waals surface area contributed by atoms with Gasteiger partial charge in [-0.05, 0) is 38.1 Å². The number of rotatable bonds is 5. The Morgan fingerprint density at radius 3 is 2.89 bits per heavy atom. The van der Waals surface area contributed by atoms with Crippen LogP contribution in [0.25, 0.3) is 0 Å². The molecular formula is C14H17N3OS. The minimum Gasteiger partial charge on any atom is -0.367 e. The van der Waals surface area contributed by atoms with Crippen LogP contribution in [0.5, 0.6) is 0 Å². The lowest BCUT2D eigenvalue weighted by Crippen LogP contribution is -2.22. The van der Waals surface area contributed by atoms with E-state index in [1.807, 2.05) is 0 Å². The molecule has 2 heterocycles. The van der Waals surface area contributed by atoms with Gasteiger partial charge >= 0.3 is 0 Å². The van der Waals surface area contributed by atoms with Crippen LogP contribution in [-0.4, -0.2) is 16.9 Å². The van der Waals surface area contributed by atoms with Gasteiger partial charge in [-0.25, -0.2) is 4.98 Å². The van der Waals surface area contributed by atoms with E-state index in [0.29, 0.717) is 11.4 Å². The lowest BCUT2D eigenvalue weighted by molar-refractivity contribution is 0.100. The summed E-state index contributed by atoms with van der Waals surface area (Å²) >= 11 is 1.79. The zero-order valence-electron chi connectivity index (χ0n) is 11.0. The second-order valence-corrected chi connectivity index (χ2v) is 5.90. The second-order valence-electron chi connectivity index (χ2n) is 4.53. The van der Waals surface area contributed by atoms with Crippen molar-refractivity contribution in [2.75, 3.05) is 5.32 Å². The number of hydrogen-bond donors (Lipinski definition) is 2. The number of pyridine rings is 1. The Balaban J connectivity index is 2.06. The summed E-state index contributed by atoms with van der Waals surface area (Å²) in [7, 11) is 0. The van der Waals surface area contributed by atoms with E-state index in [-0.39, 0.29) is 6.04 Å². The van der Waals surface area contributed by atoms with Crippen molar-refractivity contribution in [2.24, 2.45) is 5.73 Å². The van der Waals surface area contributed by atoms with E-state index in [4.69, 9.17) is 5.73 Å². The molecule has 100 valence electrons. The molecule has 3 N–H and O–H groups in total. The number of aromatic nitrogens is 1. The number of hydrogen-bond acceptors (Lipinski definition) is 4. The third-order valence-electron chi connectivity index (χ3n) is 2.76. The summed E-state index contributed by atoms with van der Waals surface area (Å²) in [4.78, 5) is 18.1. The molecule has 1 atom stereocenters. The molecule has 4 nitrogen and oxygen atoms in total. The molecule has 19 heavy (non-hydrogen) atoms. The van der Waals surface area contributed by atoms with Gasteiger partial charge in [0.15, 0.2) is 0 Å². The molecule has 0 radical (unpaired) electrons. The van der Waals surface area contributed by atoms with E-state index < -0.39 is 5.91 Å². The first kappa shape index (κ1) is 13.5. The first-order valence-corrected chi connectivity index (χ1v) is 6.94. The molecule has 0 aliphatic rings. The van der Waals surface area contributed by atoms with E-state index in [0.717, 1.165) is 6.42 Å². The maximum Gasteiger partial charge on any atom is 0.252 e. The van der Waals surface area contributed by atoms with Crippen LogP contribution in [0.15, 0.2) is 30.5 Å². The van der Waals surface area contributed by atoms with E-state index in [2.05, 4.69) is 36.3 Å². The van der Waals surface area contributed by atoms with Crippen molar-refractivity contribution in [3.63, 3.8) is 0 Å². The lowest BCUT2D eigenvalue weighted by atomic mass is 10.2. The van der Waals surface area contributed by atoms with Crippen LogP contribution in [0.1, 0.15) is 27.0 Å². The highest BCUT2D eigenvalue weighted by atomic mass is 32.1. The van der Waals surface area contributed by atoms with Crippen LogP contribution in [0.2, 0.25) is 0 Å². The van der Waals surface area contributed by atoms with Gasteiger partial charge in [0.1, 0.15) is 5.82 Å². The zero-order valence-corrected chi connectivity index (χ0v) is 11.8. The molecule has 0 saturated carbocycles. The number of amides is 1. The maximum atomic E-state index is 11.3. The molecule has 1 amide bonds. The first-order valence-electron chi connectivity index (χ1n) is 6.13. The van der Waals surface area contributed by atoms with Crippen LogP contribution >= 0.6 is 11.3 Å². The summed E-state index contributed by atoms with van der Waals surface area (Å²) in [5.41, 5.74) is 5.76. The summed E-state index contributed by atoms with van der Waals surface area (Å²) < 4.78 is 0. The summed E-state index contributed by atoms with van der Waals surface area (Å²) in [5, 5.41) is 3.24. The van der Waals surface area contributed by atoms with Gasteiger partial charge < -0.3 is 11.1 Å². The summed E-state index contributed by atoms with van der Waals surface area (Å²) in [6, 6.07) is 7.82. The van der Waals surface area contributed by atoms with Gasteiger partial charge in [-0.2, -0.15) is 0 Å². The number of anilines is 1. The average Bonchev–Trinajstić information content (AvgIpc) is 2.75. The SMILES string of the molecule is Cc1ccc(CC(C)Nc2ncccc2C(N)=O)s1. The number of nitrogens with one attached hydrogen (secondary N) is 1. The molecule has 0 aliphatic carbocycles. The van der Waals surface area contributed by atoms with Crippen LogP contribution in [-0.2, 0) is 6.42 Å². The van der Waals surface area contributed by atoms with Crippen molar-refractivity contribution >= 4 is 23.1 Å². The molecule has 0 saturated heterocycles. The molecule has 2 aromatic rings. The molecule has 2 rings (SSSR count). The van der Waals surface area contributed by atoms with E-state index in [1.165, 1.54) is 9.75 Å². The number of carbonyl (C=O) groups excluding carboxylic acids is 1. The predicted octanol–water partition coefficient (Wildman–Crippen LogP) is 2.59. The third kappa shape index (κ3) is 3.54. The standard InChI is InChI=1S/C14H17N3OS/c1-9(8-11-6-5-10(2)19-11)17-14-12(13(15)18)4-3-7-16-14/h3-7,9H,8H2,1-2H3,(H2,15,18)(H,16,17). The number of carbonyl (C=O) groups is 1. The van der Waals surface area contributed by atoms with Crippen LogP contribution in [0.4, 0.5) is 5.82 Å². The monoisotopic (exact) mass is 275 g/mol. The summed E-state index contributed by atoms with van der Waals surface area (Å²) in [5.74, 6) is 0.0885. The number of nitrogens with two attached hydrogens (primary N) is 1. The number of aryl methyl sites for hydroxylation is 1. The normalized spacial score (nSPS) is 12.1. The van der Waals surface area contributed by atoms with Gasteiger partial charge in [0.25, 0.3) is 5.91 Å². The topological polar surface area (TPSA) is 68.0 Å². The van der Waals surface area contributed by atoms with E-state index in [9.17, 15) is 4.79 Å². The molecule has 0 aliphatic heterocycles. The Morgan fingerprint density at radius 2 is 2.26 bits per heavy atom. The first-order chi connectivity index (χ1) is 9.06. The van der Waals surface area contributed by atoms with Crippen molar-refractivity contribution in [1.82, 2.24) is 4.98 Å². The average molecular weight is 275 g/mol. The van der Waals surface area contributed by atoms with Crippen LogP contribution in [0, 0.1) is 6.92 Å². The molecular weight excluding hydrogens is 258 g/mol. The Morgan fingerprint density at radius 1 is 1.47 bits per heavy atom. The maximum absolute atomic E-state index is 11.3. The van der Waals surface area contributed by atoms with Gasteiger partial charge in [-0.15, -0.1) is 11.3 Å². The van der Waals surface area contributed by atoms with Crippen LogP contribution < -0.4 is 11.1 Å². The Hall–Kier alpha value is -1.88. The quantitative estimate of drug-likeness (QED) is 0.881. The van der Waals surface area contributed by atoms with Gasteiger partial charge in [0, 0.05) is 28.4 Å². The minimum absolute atomic E-state index is 0.186. The van der Waals surface area contributed by atoms with Crippen molar-refractivity contribution in [2.45, 2.75) is 26.3 Å². The molecule has 2 aromatic heterocycles. The lowest BCUT2D eigenvalue weighted by Gasteiger charge is -2.15. The fourth-order valence-electron chi connectivity index (χ4n) is 1.90. The highest BCUT2D eigenvalue weighted by molar-refractivity contribution is 7.11. The van der Waals surface area contributed by atoms with E-state index in [1.54, 1.807) is 29.7 Å². The fraction of sp³-hybridized carbons (Fsp3) is 0.286. The van der Waals surface area contributed by atoms with Crippen molar-refractivity contribution < 1.29 is 4.79 Å². The van der Waals surface area contributed by atoms with Crippen molar-refractivity contribution in [3.8, 4) is 0 Å². The predicted molar refractivity (Wildman–Crippen MR) is 78.6 cm³/mol. The molecule has 5 heteroatoms. The summed E-state index contributed by atoms with van der Waals surface area (Å²) in [6.07, 6.45) is 2.55.